The van der Waals surface area contributed by atoms with Crippen molar-refractivity contribution in [3.05, 3.63) is 118 Å². The monoisotopic (exact) mass is 835 g/mol. The summed E-state index contributed by atoms with van der Waals surface area (Å²) in [5.41, 5.74) is 3.19. The average molecular weight is 836 g/mol. The Balaban J connectivity index is 1.06. The Morgan fingerprint density at radius 3 is 2.48 bits per heavy atom. The molecule has 60 heavy (non-hydrogen) atoms. The molecule has 0 bridgehead atoms. The molecule has 3 aliphatic carbocycles. The zero-order valence-electron chi connectivity index (χ0n) is 35.0. The molecule has 1 amide bonds. The van der Waals surface area contributed by atoms with Crippen LogP contribution in [0.4, 0.5) is 5.69 Å². The van der Waals surface area contributed by atoms with Gasteiger partial charge < -0.3 is 30.3 Å². The van der Waals surface area contributed by atoms with Crippen molar-refractivity contribution in [2.24, 2.45) is 11.8 Å². The molecule has 10 nitrogen and oxygen atoms in total. The Bertz CT molecular complexity index is 2170. The number of hydrogen-bond donors (Lipinski definition) is 4. The van der Waals surface area contributed by atoms with Gasteiger partial charge in [-0.15, -0.1) is 0 Å². The zero-order chi connectivity index (χ0) is 42.5. The van der Waals surface area contributed by atoms with Gasteiger partial charge in [0, 0.05) is 34.6 Å². The summed E-state index contributed by atoms with van der Waals surface area (Å²) in [5, 5.41) is 27.6. The Labute approximate surface area is 358 Å². The van der Waals surface area contributed by atoms with Gasteiger partial charge in [-0.1, -0.05) is 74.8 Å². The Morgan fingerprint density at radius 1 is 0.983 bits per heavy atom. The van der Waals surface area contributed by atoms with Crippen molar-refractivity contribution in [3.63, 3.8) is 0 Å². The number of benzene rings is 3. The van der Waals surface area contributed by atoms with E-state index >= 15 is 0 Å². The van der Waals surface area contributed by atoms with E-state index in [0.29, 0.717) is 66.7 Å². The SMILES string of the molecule is CC[C@](NC(=O)CCCOc1ccc2c(c1)C1(CCC(Nc3cccc(Cl)c3)(C(=O)O)CC1)[C@@H](C[C@@H](C)COc1ccnc3c1[C@H](C)CCC3)C2)(C(=O)O)c1ccccc1. The van der Waals surface area contributed by atoms with Gasteiger partial charge in [0.15, 0.2) is 5.54 Å². The molecule has 0 saturated heterocycles. The Kier molecular flexibility index (Phi) is 13.1. The summed E-state index contributed by atoms with van der Waals surface area (Å²) in [4.78, 5) is 43.3. The van der Waals surface area contributed by atoms with Gasteiger partial charge in [0.05, 0.1) is 13.2 Å². The molecule has 3 aliphatic rings. The molecule has 4 atom stereocenters. The molecular formula is C49H58ClN3O7. The number of nitrogens with one attached hydrogen (secondary N) is 2. The minimum atomic E-state index is -1.51. The quantitative estimate of drug-likeness (QED) is 0.0764. The number of halogens is 1. The lowest BCUT2D eigenvalue weighted by Crippen LogP contribution is -2.53. The number of carboxylic acid groups (broad SMARTS) is 2. The summed E-state index contributed by atoms with van der Waals surface area (Å²) in [6.45, 7) is 7.13. The number of carboxylic acids is 2. The van der Waals surface area contributed by atoms with E-state index in [-0.39, 0.29) is 42.6 Å². The Hall–Kier alpha value is -5.09. The third-order valence-corrected chi connectivity index (χ3v) is 13.8. The number of carbonyl (C=O) groups excluding carboxylic acids is 1. The maximum absolute atomic E-state index is 13.1. The molecule has 1 heterocycles. The van der Waals surface area contributed by atoms with E-state index in [1.165, 1.54) is 16.7 Å². The fourth-order valence-corrected chi connectivity index (χ4v) is 10.5. The van der Waals surface area contributed by atoms with Gasteiger partial charge in [-0.25, -0.2) is 9.59 Å². The van der Waals surface area contributed by atoms with E-state index in [4.69, 9.17) is 21.1 Å². The number of carbonyl (C=O) groups is 3. The van der Waals surface area contributed by atoms with Gasteiger partial charge in [-0.05, 0) is 147 Å². The summed E-state index contributed by atoms with van der Waals surface area (Å²) in [6, 6.07) is 24.3. The van der Waals surface area contributed by atoms with Crippen LogP contribution >= 0.6 is 11.6 Å². The first-order chi connectivity index (χ1) is 28.9. The molecule has 0 aliphatic heterocycles. The molecule has 11 heteroatoms. The second-order valence-electron chi connectivity index (χ2n) is 17.4. The van der Waals surface area contributed by atoms with Crippen molar-refractivity contribution in [2.45, 2.75) is 120 Å². The highest BCUT2D eigenvalue weighted by atomic mass is 35.5. The van der Waals surface area contributed by atoms with Crippen LogP contribution in [0.1, 0.15) is 119 Å². The van der Waals surface area contributed by atoms with E-state index < -0.39 is 23.0 Å². The number of fused-ring (bicyclic) bond motifs is 3. The third-order valence-electron chi connectivity index (χ3n) is 13.6. The van der Waals surface area contributed by atoms with Crippen LogP contribution in [0.15, 0.2) is 85.1 Å². The Morgan fingerprint density at radius 2 is 1.77 bits per heavy atom. The topological polar surface area (TPSA) is 147 Å². The van der Waals surface area contributed by atoms with Crippen LogP contribution in [0, 0.1) is 11.8 Å². The number of ether oxygens (including phenoxy) is 2. The maximum atomic E-state index is 13.1. The highest BCUT2D eigenvalue weighted by Gasteiger charge is 2.54. The first-order valence-corrected chi connectivity index (χ1v) is 22.0. The summed E-state index contributed by atoms with van der Waals surface area (Å²) < 4.78 is 12.9. The van der Waals surface area contributed by atoms with Gasteiger partial charge in [0.25, 0.3) is 0 Å². The van der Waals surface area contributed by atoms with Crippen LogP contribution in [0.3, 0.4) is 0 Å². The van der Waals surface area contributed by atoms with Crippen molar-refractivity contribution >= 4 is 35.1 Å². The number of aromatic nitrogens is 1. The van der Waals surface area contributed by atoms with Crippen molar-refractivity contribution in [2.75, 3.05) is 18.5 Å². The van der Waals surface area contributed by atoms with E-state index in [2.05, 4.69) is 41.6 Å². The fourth-order valence-electron chi connectivity index (χ4n) is 10.3. The normalized spacial score (nSPS) is 23.4. The standard InChI is InChI=1S/C49H58ClN3O7/c1-4-49(46(57)58,35-12-6-5-7-13-35)53-43(54)17-10-26-59-39-19-18-34-28-36(27-32(2)31-60-42-20-25-51-41-16-8-11-33(3)44(41)42)47(40(34)30-39)21-23-48(24-22-47,45(55)56)52-38-15-9-14-37(50)29-38/h5-7,9,12-15,18-20,25,29-30,32-33,36,52H,4,8,10-11,16-17,21-24,26-28,31H2,1-3H3,(H,53,54)(H,55,56)(H,57,58)/t32-,33-,36+,47?,48?,49-/m1/s1. The number of nitrogens with zero attached hydrogens (tertiary/aromatic N) is 1. The van der Waals surface area contributed by atoms with Gasteiger partial charge in [0.1, 0.15) is 17.0 Å². The fraction of sp³-hybridized carbons (Fsp3) is 0.469. The van der Waals surface area contributed by atoms with Gasteiger partial charge >= 0.3 is 11.9 Å². The van der Waals surface area contributed by atoms with E-state index in [1.54, 1.807) is 43.3 Å². The summed E-state index contributed by atoms with van der Waals surface area (Å²) in [5.74, 6) is 0.264. The van der Waals surface area contributed by atoms with E-state index in [1.807, 2.05) is 36.5 Å². The minimum Gasteiger partial charge on any atom is -0.494 e. The highest BCUT2D eigenvalue weighted by Crippen LogP contribution is 2.57. The number of pyridine rings is 1. The first kappa shape index (κ1) is 43.0. The van der Waals surface area contributed by atoms with Crippen LogP contribution in [-0.2, 0) is 38.2 Å². The van der Waals surface area contributed by atoms with Crippen LogP contribution in [0.25, 0.3) is 0 Å². The predicted octanol–water partition coefficient (Wildman–Crippen LogP) is 9.86. The van der Waals surface area contributed by atoms with Crippen molar-refractivity contribution in [1.29, 1.82) is 0 Å². The predicted molar refractivity (Wildman–Crippen MR) is 233 cm³/mol. The smallest absolute Gasteiger partial charge is 0.334 e. The molecule has 318 valence electrons. The lowest BCUT2D eigenvalue weighted by atomic mass is 9.59. The third kappa shape index (κ3) is 8.85. The number of aryl methyl sites for hydroxylation is 1. The number of amides is 1. The molecule has 0 unspecified atom stereocenters. The maximum Gasteiger partial charge on any atom is 0.334 e. The van der Waals surface area contributed by atoms with Gasteiger partial charge in [0.2, 0.25) is 5.91 Å². The number of anilines is 1. The van der Waals surface area contributed by atoms with Crippen LogP contribution in [0.5, 0.6) is 11.5 Å². The van der Waals surface area contributed by atoms with Crippen LogP contribution in [0.2, 0.25) is 5.02 Å². The molecule has 1 aromatic heterocycles. The summed E-state index contributed by atoms with van der Waals surface area (Å²) >= 11 is 6.30. The van der Waals surface area contributed by atoms with E-state index in [9.17, 15) is 24.6 Å². The van der Waals surface area contributed by atoms with Crippen molar-refractivity contribution in [3.8, 4) is 11.5 Å². The van der Waals surface area contributed by atoms with Crippen LogP contribution < -0.4 is 20.1 Å². The molecule has 4 aromatic rings. The molecule has 1 fully saturated rings. The largest absolute Gasteiger partial charge is 0.494 e. The summed E-state index contributed by atoms with van der Waals surface area (Å²) in [6.07, 6.45) is 9.90. The summed E-state index contributed by atoms with van der Waals surface area (Å²) in [7, 11) is 0. The van der Waals surface area contributed by atoms with Crippen LogP contribution in [-0.4, -0.2) is 51.8 Å². The molecule has 1 spiro atoms. The van der Waals surface area contributed by atoms with Gasteiger partial charge in [-0.3, -0.25) is 9.78 Å². The lowest BCUT2D eigenvalue weighted by molar-refractivity contribution is -0.148. The van der Waals surface area contributed by atoms with E-state index in [0.717, 1.165) is 43.5 Å². The van der Waals surface area contributed by atoms with Gasteiger partial charge in [-0.2, -0.15) is 0 Å². The molecule has 1 saturated carbocycles. The molecule has 0 radical (unpaired) electrons. The molecule has 4 N–H and O–H groups in total. The second-order valence-corrected chi connectivity index (χ2v) is 17.9. The average Bonchev–Trinajstić information content (AvgIpc) is 3.52. The molecular weight excluding hydrogens is 778 g/mol. The number of rotatable bonds is 17. The first-order valence-electron chi connectivity index (χ1n) is 21.6. The number of aliphatic carboxylic acids is 2. The molecule has 7 rings (SSSR count). The number of hydrogen-bond acceptors (Lipinski definition) is 7. The second kappa shape index (κ2) is 18.3. The zero-order valence-corrected chi connectivity index (χ0v) is 35.7. The minimum absolute atomic E-state index is 0.108. The lowest BCUT2D eigenvalue weighted by Gasteiger charge is -2.47. The molecule has 3 aromatic carbocycles. The van der Waals surface area contributed by atoms with Crippen molar-refractivity contribution < 1.29 is 34.1 Å². The van der Waals surface area contributed by atoms with Crippen molar-refractivity contribution in [1.82, 2.24) is 10.3 Å². The highest BCUT2D eigenvalue weighted by molar-refractivity contribution is 6.30.